The number of primary sulfonamides is 1. The first-order valence-corrected chi connectivity index (χ1v) is 13.2. The van der Waals surface area contributed by atoms with Crippen LogP contribution in [0.4, 0.5) is 4.39 Å². The van der Waals surface area contributed by atoms with Crippen LogP contribution in [0.15, 0.2) is 29.2 Å². The molecule has 1 aromatic heterocycles. The summed E-state index contributed by atoms with van der Waals surface area (Å²) in [7, 11) is -3.85. The number of sulfonamides is 1. The summed E-state index contributed by atoms with van der Waals surface area (Å²) in [6.07, 6.45) is 6.02. The number of aromatic nitrogens is 1. The molecule has 2 N–H and O–H groups in total. The Bertz CT molecular complexity index is 1070. The highest BCUT2D eigenvalue weighted by Gasteiger charge is 2.27. The average Bonchev–Trinajstić information content (AvgIpc) is 3.04. The van der Waals surface area contributed by atoms with Gasteiger partial charge in [0.05, 0.1) is 6.67 Å². The molecule has 6 heteroatoms. The second-order valence-corrected chi connectivity index (χ2v) is 12.7. The van der Waals surface area contributed by atoms with E-state index in [2.05, 4.69) is 37.5 Å². The predicted octanol–water partition coefficient (Wildman–Crippen LogP) is 6.24. The van der Waals surface area contributed by atoms with Gasteiger partial charge in [-0.25, -0.2) is 13.6 Å². The Morgan fingerprint density at radius 1 is 1.00 bits per heavy atom. The highest BCUT2D eigenvalue weighted by atomic mass is 32.2. The summed E-state index contributed by atoms with van der Waals surface area (Å²) in [6, 6.07) is 7.94. The highest BCUT2D eigenvalue weighted by molar-refractivity contribution is 7.89. The molecule has 0 amide bonds. The van der Waals surface area contributed by atoms with Crippen LogP contribution in [0, 0.1) is 12.8 Å². The van der Waals surface area contributed by atoms with Gasteiger partial charge in [0, 0.05) is 23.3 Å². The Hall–Kier alpha value is -1.66. The first-order chi connectivity index (χ1) is 14.7. The molecule has 1 aromatic carbocycles. The zero-order valence-corrected chi connectivity index (χ0v) is 21.3. The topological polar surface area (TPSA) is 65.1 Å². The van der Waals surface area contributed by atoms with Crippen LogP contribution in [0.2, 0.25) is 0 Å². The van der Waals surface area contributed by atoms with Crippen molar-refractivity contribution < 1.29 is 12.8 Å². The summed E-state index contributed by atoms with van der Waals surface area (Å²) < 4.78 is 40.8. The Balaban J connectivity index is 2.24. The Morgan fingerprint density at radius 3 is 2.12 bits per heavy atom. The summed E-state index contributed by atoms with van der Waals surface area (Å²) >= 11 is 0. The minimum absolute atomic E-state index is 0.129. The minimum Gasteiger partial charge on any atom is -0.343 e. The van der Waals surface area contributed by atoms with E-state index in [4.69, 9.17) is 5.14 Å². The van der Waals surface area contributed by atoms with Crippen LogP contribution in [0.25, 0.3) is 11.3 Å². The Labute approximate surface area is 193 Å². The van der Waals surface area contributed by atoms with E-state index in [1.807, 2.05) is 26.8 Å². The van der Waals surface area contributed by atoms with E-state index in [1.165, 1.54) is 19.3 Å². The van der Waals surface area contributed by atoms with Gasteiger partial charge in [0.2, 0.25) is 10.0 Å². The molecule has 1 heterocycles. The third-order valence-electron chi connectivity index (χ3n) is 7.00. The summed E-state index contributed by atoms with van der Waals surface area (Å²) in [5.41, 5.74) is 3.71. The van der Waals surface area contributed by atoms with Crippen molar-refractivity contribution in [1.29, 1.82) is 0 Å². The fourth-order valence-corrected chi connectivity index (χ4v) is 5.48. The van der Waals surface area contributed by atoms with Crippen LogP contribution >= 0.6 is 0 Å². The van der Waals surface area contributed by atoms with Crippen LogP contribution in [0.5, 0.6) is 0 Å². The molecule has 32 heavy (non-hydrogen) atoms. The molecule has 4 nitrogen and oxygen atoms in total. The van der Waals surface area contributed by atoms with Gasteiger partial charge >= 0.3 is 0 Å². The van der Waals surface area contributed by atoms with Crippen molar-refractivity contribution in [2.75, 3.05) is 6.67 Å². The molecule has 0 unspecified atom stereocenters. The monoisotopic (exact) mass is 462 g/mol. The standard InChI is InChI=1S/C26H39FN2O2S/c1-18-24(32(28,30)31)15-23(29(18)16-19-10-8-7-9-11-19)20-12-21(25(2,3)4)14-22(13-20)26(5,6)17-27/h12-15,19H,7-11,16-17H2,1-6H3,(H2,28,30,31). The van der Waals surface area contributed by atoms with E-state index in [-0.39, 0.29) is 10.3 Å². The predicted molar refractivity (Wildman–Crippen MR) is 130 cm³/mol. The van der Waals surface area contributed by atoms with Gasteiger partial charge in [-0.15, -0.1) is 0 Å². The number of nitrogens with zero attached hydrogens (tertiary/aromatic N) is 1. The lowest BCUT2D eigenvalue weighted by atomic mass is 9.79. The molecule has 1 aliphatic carbocycles. The van der Waals surface area contributed by atoms with Gasteiger partial charge < -0.3 is 4.57 Å². The van der Waals surface area contributed by atoms with Gasteiger partial charge in [-0.1, -0.05) is 59.9 Å². The SMILES string of the molecule is Cc1c(S(N)(=O)=O)cc(-c2cc(C(C)(C)C)cc(C(C)(C)CF)c2)n1CC1CCCCC1. The number of rotatable bonds is 6. The van der Waals surface area contributed by atoms with Gasteiger partial charge in [0.15, 0.2) is 0 Å². The Morgan fingerprint density at radius 2 is 1.59 bits per heavy atom. The Kier molecular flexibility index (Phi) is 6.98. The number of hydrogen-bond donors (Lipinski definition) is 1. The van der Waals surface area contributed by atoms with E-state index >= 15 is 0 Å². The van der Waals surface area contributed by atoms with E-state index < -0.39 is 22.1 Å². The van der Waals surface area contributed by atoms with Crippen molar-refractivity contribution in [1.82, 2.24) is 4.57 Å². The van der Waals surface area contributed by atoms with E-state index in [9.17, 15) is 12.8 Å². The first-order valence-electron chi connectivity index (χ1n) is 11.7. The highest BCUT2D eigenvalue weighted by Crippen LogP contribution is 2.37. The molecular formula is C26H39FN2O2S. The van der Waals surface area contributed by atoms with Crippen LogP contribution in [-0.2, 0) is 27.4 Å². The molecule has 2 aromatic rings. The van der Waals surface area contributed by atoms with E-state index in [0.29, 0.717) is 11.6 Å². The molecule has 1 fully saturated rings. The second kappa shape index (κ2) is 8.94. The quantitative estimate of drug-likeness (QED) is 0.552. The third kappa shape index (κ3) is 5.28. The zero-order chi connectivity index (χ0) is 23.9. The molecule has 0 atom stereocenters. The molecule has 0 spiro atoms. The van der Waals surface area contributed by atoms with E-state index in [0.717, 1.165) is 41.8 Å². The van der Waals surface area contributed by atoms with Crippen molar-refractivity contribution in [3.8, 4) is 11.3 Å². The van der Waals surface area contributed by atoms with Gasteiger partial charge in [0.1, 0.15) is 4.90 Å². The molecule has 0 bridgehead atoms. The summed E-state index contributed by atoms with van der Waals surface area (Å²) in [4.78, 5) is 0.177. The lowest BCUT2D eigenvalue weighted by Gasteiger charge is -2.28. The maximum absolute atomic E-state index is 13.9. The van der Waals surface area contributed by atoms with E-state index in [1.54, 1.807) is 6.07 Å². The maximum atomic E-state index is 13.9. The molecule has 3 rings (SSSR count). The lowest BCUT2D eigenvalue weighted by Crippen LogP contribution is -2.22. The molecule has 178 valence electrons. The number of halogens is 1. The van der Waals surface area contributed by atoms with Crippen molar-refractivity contribution in [2.24, 2.45) is 11.1 Å². The number of nitrogens with two attached hydrogens (primary N) is 1. The van der Waals surface area contributed by atoms with Gasteiger partial charge in [-0.2, -0.15) is 0 Å². The molecule has 0 saturated heterocycles. The van der Waals surface area contributed by atoms with Crippen LogP contribution in [0.1, 0.15) is 83.5 Å². The normalized spacial score (nSPS) is 16.5. The second-order valence-electron chi connectivity index (χ2n) is 11.2. The summed E-state index contributed by atoms with van der Waals surface area (Å²) in [5.74, 6) is 0.523. The van der Waals surface area contributed by atoms with Crippen molar-refractivity contribution in [3.05, 3.63) is 41.1 Å². The van der Waals surface area contributed by atoms with Crippen LogP contribution in [-0.4, -0.2) is 19.7 Å². The van der Waals surface area contributed by atoms with Crippen LogP contribution in [0.3, 0.4) is 0 Å². The zero-order valence-electron chi connectivity index (χ0n) is 20.5. The molecule has 0 aliphatic heterocycles. The third-order valence-corrected chi connectivity index (χ3v) is 8.03. The number of hydrogen-bond acceptors (Lipinski definition) is 2. The molecule has 1 aliphatic rings. The number of alkyl halides is 1. The van der Waals surface area contributed by atoms with Crippen molar-refractivity contribution in [3.63, 3.8) is 0 Å². The fraction of sp³-hybridized carbons (Fsp3) is 0.615. The minimum atomic E-state index is -3.85. The van der Waals surface area contributed by atoms with Gasteiger partial charge in [0.25, 0.3) is 0 Å². The smallest absolute Gasteiger partial charge is 0.239 e. The summed E-state index contributed by atoms with van der Waals surface area (Å²) in [6.45, 7) is 12.4. The summed E-state index contributed by atoms with van der Waals surface area (Å²) in [5, 5.41) is 5.58. The van der Waals surface area contributed by atoms with Crippen molar-refractivity contribution in [2.45, 2.75) is 95.9 Å². The maximum Gasteiger partial charge on any atom is 0.239 e. The number of benzene rings is 1. The van der Waals surface area contributed by atoms with Gasteiger partial charge in [-0.3, -0.25) is 4.39 Å². The largest absolute Gasteiger partial charge is 0.343 e. The van der Waals surface area contributed by atoms with Crippen molar-refractivity contribution >= 4 is 10.0 Å². The van der Waals surface area contributed by atoms with Crippen LogP contribution < -0.4 is 5.14 Å². The van der Waals surface area contributed by atoms with Gasteiger partial charge in [-0.05, 0) is 66.0 Å². The average molecular weight is 463 g/mol. The molecule has 1 saturated carbocycles. The fourth-order valence-electron chi connectivity index (χ4n) is 4.69. The lowest BCUT2D eigenvalue weighted by molar-refractivity contribution is 0.318. The molecule has 0 radical (unpaired) electrons. The first kappa shape index (κ1) is 25.0. The molecular weight excluding hydrogens is 423 g/mol.